The fraction of sp³-hybridized carbons (Fsp3) is 0.583. The zero-order valence-electron chi connectivity index (χ0n) is 10.2. The summed E-state index contributed by atoms with van der Waals surface area (Å²) >= 11 is 0. The molecule has 0 atom stereocenters. The van der Waals surface area contributed by atoms with E-state index in [4.69, 9.17) is 18.6 Å². The molecule has 1 aromatic rings. The maximum Gasteiger partial charge on any atom is 0.168 e. The van der Waals surface area contributed by atoms with Gasteiger partial charge in [-0.1, -0.05) is 25.3 Å². The van der Waals surface area contributed by atoms with E-state index in [0.717, 1.165) is 5.92 Å². The van der Waals surface area contributed by atoms with Crippen LogP contribution in [-0.4, -0.2) is 0 Å². The maximum atomic E-state index is 8.49. The molecule has 1 aliphatic carbocycles. The van der Waals surface area contributed by atoms with Crippen molar-refractivity contribution >= 4 is 0 Å². The molecule has 2 rings (SSSR count). The lowest BCUT2D eigenvalue weighted by Crippen LogP contribution is -2.68. The first-order valence-corrected chi connectivity index (χ1v) is 7.24. The molecule has 0 amide bonds. The van der Waals surface area contributed by atoms with Crippen molar-refractivity contribution in [3.05, 3.63) is 30.6 Å². The van der Waals surface area contributed by atoms with Crippen LogP contribution in [0.1, 0.15) is 32.1 Å². The first-order valence-electron chi connectivity index (χ1n) is 6.01. The Labute approximate surface area is 109 Å². The van der Waals surface area contributed by atoms with Gasteiger partial charge in [0.25, 0.3) is 0 Å². The topological polar surface area (TPSA) is 96.1 Å². The van der Waals surface area contributed by atoms with Gasteiger partial charge in [0.2, 0.25) is 0 Å². The molecule has 0 bridgehead atoms. The quantitative estimate of drug-likeness (QED) is 0.572. The predicted molar refractivity (Wildman–Crippen MR) is 53.2 cm³/mol. The number of pyridine rings is 1. The van der Waals surface area contributed by atoms with E-state index < -0.39 is 10.2 Å². The largest absolute Gasteiger partial charge is 0.222 e. The van der Waals surface area contributed by atoms with Crippen LogP contribution in [0.15, 0.2) is 30.6 Å². The highest BCUT2D eigenvalue weighted by Gasteiger charge is 2.16. The lowest BCUT2D eigenvalue weighted by Gasteiger charge is -2.18. The molecule has 0 saturated heterocycles. The highest BCUT2D eigenvalue weighted by Crippen LogP contribution is 2.23. The summed E-state index contributed by atoms with van der Waals surface area (Å²) < 4.78 is 36.3. The summed E-state index contributed by atoms with van der Waals surface area (Å²) in [5.41, 5.74) is 0. The Kier molecular flexibility index (Phi) is 6.52. The Morgan fingerprint density at radius 2 is 1.39 bits per heavy atom. The summed E-state index contributed by atoms with van der Waals surface area (Å²) in [4.78, 5) is 0. The lowest BCUT2D eigenvalue weighted by molar-refractivity contribution is -2.00. The lowest BCUT2D eigenvalue weighted by atomic mass is 9.89. The average Bonchev–Trinajstić information content (AvgIpc) is 2.29. The second kappa shape index (κ2) is 7.66. The summed E-state index contributed by atoms with van der Waals surface area (Å²) in [6.45, 7) is 1.22. The second-order valence-corrected chi connectivity index (χ2v) is 5.21. The molecule has 0 radical (unpaired) electrons. The Bertz CT molecular complexity index is 317. The van der Waals surface area contributed by atoms with E-state index in [2.05, 4.69) is 35.2 Å². The summed E-state index contributed by atoms with van der Waals surface area (Å²) in [7, 11) is -4.94. The Morgan fingerprint density at radius 3 is 1.89 bits per heavy atom. The maximum absolute atomic E-state index is 8.49. The number of hydrogen-bond acceptors (Lipinski definition) is 4. The first kappa shape index (κ1) is 15.3. The van der Waals surface area contributed by atoms with E-state index >= 15 is 0 Å². The predicted octanol–water partition coefficient (Wildman–Crippen LogP) is -2.20. The molecule has 5 nitrogen and oxygen atoms in total. The van der Waals surface area contributed by atoms with Gasteiger partial charge in [0.05, 0.1) is 0 Å². The summed E-state index contributed by atoms with van der Waals surface area (Å²) in [5.74, 6) is 0.932. The standard InChI is InChI=1S/C12H18N.ClHO4/c1-3-7-12(8-4-1)11-13-9-5-2-6-10-13;2-1(3,4)5/h2,5-6,9-10,12H,1,3-4,7-8,11H2;(H,2,3,4,5)/q+1;/p-1. The van der Waals surface area contributed by atoms with Gasteiger partial charge < -0.3 is 0 Å². The molecule has 0 aliphatic heterocycles. The van der Waals surface area contributed by atoms with Gasteiger partial charge in [-0.2, -0.15) is 0 Å². The van der Waals surface area contributed by atoms with E-state index in [1.165, 1.54) is 38.6 Å². The van der Waals surface area contributed by atoms with E-state index in [1.807, 2.05) is 0 Å². The van der Waals surface area contributed by atoms with Crippen LogP contribution < -0.4 is 23.2 Å². The molecule has 0 N–H and O–H groups in total. The third-order valence-electron chi connectivity index (χ3n) is 2.97. The number of hydrogen-bond donors (Lipinski definition) is 0. The molecule has 1 heterocycles. The minimum absolute atomic E-state index is 0.932. The number of halogens is 1. The van der Waals surface area contributed by atoms with Crippen LogP contribution >= 0.6 is 0 Å². The van der Waals surface area contributed by atoms with Gasteiger partial charge in [0.15, 0.2) is 18.9 Å². The SMILES string of the molecule is [O-][Cl+3]([O-])([O-])[O-].c1cc[n+](CC2CCCCC2)cc1. The van der Waals surface area contributed by atoms with Crippen LogP contribution in [0.5, 0.6) is 0 Å². The minimum Gasteiger partial charge on any atom is -0.222 e. The highest BCUT2D eigenvalue weighted by molar-refractivity contribution is 4.83. The fourth-order valence-electron chi connectivity index (χ4n) is 2.22. The molecule has 6 heteroatoms. The number of rotatable bonds is 2. The molecule has 1 aliphatic rings. The van der Waals surface area contributed by atoms with Crippen LogP contribution in [0.2, 0.25) is 0 Å². The normalized spacial score (nSPS) is 16.9. The zero-order chi connectivity index (χ0) is 13.4. The van der Waals surface area contributed by atoms with E-state index in [0.29, 0.717) is 0 Å². The number of nitrogens with zero attached hydrogens (tertiary/aromatic N) is 1. The molecule has 0 aromatic carbocycles. The van der Waals surface area contributed by atoms with Gasteiger partial charge in [-0.15, -0.1) is 10.2 Å². The zero-order valence-corrected chi connectivity index (χ0v) is 10.9. The van der Waals surface area contributed by atoms with Crippen molar-refractivity contribution in [2.24, 2.45) is 5.92 Å². The molecular weight excluding hydrogens is 258 g/mol. The van der Waals surface area contributed by atoms with Gasteiger partial charge in [0.1, 0.15) is 0 Å². The van der Waals surface area contributed by atoms with Crippen molar-refractivity contribution in [3.63, 3.8) is 0 Å². The van der Waals surface area contributed by atoms with Gasteiger partial charge in [-0.25, -0.2) is 23.2 Å². The van der Waals surface area contributed by atoms with Gasteiger partial charge in [-0.05, 0) is 12.8 Å². The van der Waals surface area contributed by atoms with Gasteiger partial charge in [-0.3, -0.25) is 0 Å². The molecule has 1 saturated carbocycles. The van der Waals surface area contributed by atoms with E-state index in [1.54, 1.807) is 0 Å². The third kappa shape index (κ3) is 8.38. The molecule has 1 aromatic heterocycles. The third-order valence-corrected chi connectivity index (χ3v) is 2.97. The van der Waals surface area contributed by atoms with Crippen LogP contribution in [-0.2, 0) is 6.54 Å². The minimum atomic E-state index is -4.94. The Hall–Kier alpha value is -0.720. The summed E-state index contributed by atoms with van der Waals surface area (Å²) in [6, 6.07) is 6.31. The molecule has 0 unspecified atom stereocenters. The fourth-order valence-corrected chi connectivity index (χ4v) is 2.22. The van der Waals surface area contributed by atoms with Gasteiger partial charge in [0, 0.05) is 18.1 Å². The number of aromatic nitrogens is 1. The molecule has 18 heavy (non-hydrogen) atoms. The van der Waals surface area contributed by atoms with Crippen LogP contribution in [0.3, 0.4) is 0 Å². The molecule has 0 spiro atoms. The van der Waals surface area contributed by atoms with Crippen LogP contribution in [0.4, 0.5) is 0 Å². The van der Waals surface area contributed by atoms with Crippen molar-refractivity contribution in [3.8, 4) is 0 Å². The summed E-state index contributed by atoms with van der Waals surface area (Å²) in [6.07, 6.45) is 11.6. The van der Waals surface area contributed by atoms with E-state index in [9.17, 15) is 0 Å². The molecule has 1 fully saturated rings. The monoisotopic (exact) mass is 275 g/mol. The smallest absolute Gasteiger partial charge is 0.168 e. The van der Waals surface area contributed by atoms with Crippen LogP contribution in [0, 0.1) is 16.2 Å². The van der Waals surface area contributed by atoms with Crippen molar-refractivity contribution < 1.29 is 33.4 Å². The van der Waals surface area contributed by atoms with Crippen molar-refractivity contribution in [2.45, 2.75) is 38.6 Å². The van der Waals surface area contributed by atoms with Crippen molar-refractivity contribution in [2.75, 3.05) is 0 Å². The van der Waals surface area contributed by atoms with Crippen LogP contribution in [0.25, 0.3) is 0 Å². The summed E-state index contributed by atoms with van der Waals surface area (Å²) in [5, 5.41) is 0. The Morgan fingerprint density at radius 1 is 0.889 bits per heavy atom. The average molecular weight is 276 g/mol. The highest BCUT2D eigenvalue weighted by atomic mass is 35.7. The molecule has 102 valence electrons. The second-order valence-electron chi connectivity index (χ2n) is 4.45. The Balaban J connectivity index is 0.000000280. The first-order chi connectivity index (χ1) is 8.45. The van der Waals surface area contributed by atoms with E-state index in [-0.39, 0.29) is 0 Å². The van der Waals surface area contributed by atoms with Crippen molar-refractivity contribution in [1.29, 1.82) is 0 Å². The van der Waals surface area contributed by atoms with Crippen molar-refractivity contribution in [1.82, 2.24) is 0 Å². The molecular formula is C12H18ClNO4. The van der Waals surface area contributed by atoms with Gasteiger partial charge >= 0.3 is 0 Å².